The third kappa shape index (κ3) is 4.75. The summed E-state index contributed by atoms with van der Waals surface area (Å²) in [4.78, 5) is 17.3. The van der Waals surface area contributed by atoms with E-state index < -0.39 is 0 Å². The lowest BCUT2D eigenvalue weighted by atomic mass is 10.1. The van der Waals surface area contributed by atoms with Gasteiger partial charge in [-0.3, -0.25) is 15.0 Å². The lowest BCUT2D eigenvalue weighted by molar-refractivity contribution is -0.134. The van der Waals surface area contributed by atoms with Crippen molar-refractivity contribution < 1.29 is 9.21 Å². The highest BCUT2D eigenvalue weighted by Gasteiger charge is 2.34. The second-order valence-electron chi connectivity index (χ2n) is 7.25. The Hall–Kier alpha value is -1.76. The Kier molecular flexibility index (Phi) is 6.17. The second-order valence-corrected chi connectivity index (χ2v) is 8.38. The lowest BCUT2D eigenvalue weighted by Gasteiger charge is -2.36. The first kappa shape index (κ1) is 18.6. The number of amides is 1. The Bertz CT molecular complexity index is 714. The molecule has 1 aromatic heterocycles. The predicted molar refractivity (Wildman–Crippen MR) is 109 cm³/mol. The average molecular weight is 386 g/mol. The number of carbonyl (C=O) groups is 1. The van der Waals surface area contributed by atoms with Crippen molar-refractivity contribution in [1.82, 2.24) is 15.1 Å². The molecule has 2 aliphatic heterocycles. The molecule has 2 unspecified atom stereocenters. The van der Waals surface area contributed by atoms with Gasteiger partial charge in [0.1, 0.15) is 0 Å². The van der Waals surface area contributed by atoms with Crippen molar-refractivity contribution in [2.75, 3.05) is 38.5 Å². The number of hydrogen-bond acceptors (Lipinski definition) is 5. The van der Waals surface area contributed by atoms with E-state index in [9.17, 15) is 4.79 Å². The van der Waals surface area contributed by atoms with Crippen LogP contribution in [0.1, 0.15) is 22.9 Å². The Morgan fingerprint density at radius 2 is 1.96 bits per heavy atom. The van der Waals surface area contributed by atoms with Gasteiger partial charge in [0, 0.05) is 37.5 Å². The van der Waals surface area contributed by atoms with E-state index in [0.29, 0.717) is 0 Å². The summed E-state index contributed by atoms with van der Waals surface area (Å²) in [5.74, 6) is 1.07. The molecule has 4 rings (SSSR count). The lowest BCUT2D eigenvalue weighted by Crippen LogP contribution is -2.53. The van der Waals surface area contributed by atoms with Crippen molar-refractivity contribution in [3.8, 4) is 0 Å². The Balaban J connectivity index is 1.18. The maximum absolute atomic E-state index is 12.8. The van der Waals surface area contributed by atoms with E-state index in [1.165, 1.54) is 12.0 Å². The van der Waals surface area contributed by atoms with Gasteiger partial charge < -0.3 is 9.32 Å². The smallest absolute Gasteiger partial charge is 0.240 e. The van der Waals surface area contributed by atoms with E-state index in [1.54, 1.807) is 24.3 Å². The van der Waals surface area contributed by atoms with Crippen molar-refractivity contribution in [1.29, 1.82) is 0 Å². The second kappa shape index (κ2) is 8.95. The molecule has 2 saturated heterocycles. The number of piperazine rings is 1. The summed E-state index contributed by atoms with van der Waals surface area (Å²) in [5, 5.41) is 3.62. The van der Waals surface area contributed by atoms with Crippen molar-refractivity contribution in [3.63, 3.8) is 0 Å². The number of rotatable bonds is 6. The molecule has 0 radical (unpaired) electrons. The van der Waals surface area contributed by atoms with E-state index in [4.69, 9.17) is 4.42 Å². The highest BCUT2D eigenvalue weighted by atomic mass is 32.2. The summed E-state index contributed by atoms with van der Waals surface area (Å²) in [6.45, 7) is 4.74. The SMILES string of the molecule is O=C(C1CSC(c2ccoc2)N1)N1CCN(CCCc2ccccc2)CC1. The topological polar surface area (TPSA) is 48.7 Å². The van der Waals surface area contributed by atoms with Crippen LogP contribution in [0.5, 0.6) is 0 Å². The Morgan fingerprint density at radius 3 is 2.70 bits per heavy atom. The van der Waals surface area contributed by atoms with Crippen LogP contribution in [-0.4, -0.2) is 60.2 Å². The molecule has 27 heavy (non-hydrogen) atoms. The normalized spacial score (nSPS) is 23.6. The number of carbonyl (C=O) groups excluding carboxylic acids is 1. The van der Waals surface area contributed by atoms with Crippen LogP contribution < -0.4 is 5.32 Å². The molecule has 1 amide bonds. The number of thioether (sulfide) groups is 1. The number of aryl methyl sites for hydroxylation is 1. The molecule has 0 spiro atoms. The Labute approximate surface area is 165 Å². The fourth-order valence-electron chi connectivity index (χ4n) is 3.79. The molecule has 5 nitrogen and oxygen atoms in total. The van der Waals surface area contributed by atoms with Crippen LogP contribution in [0.4, 0.5) is 0 Å². The molecule has 0 bridgehead atoms. The largest absolute Gasteiger partial charge is 0.472 e. The van der Waals surface area contributed by atoms with Crippen LogP contribution >= 0.6 is 11.8 Å². The first-order valence-electron chi connectivity index (χ1n) is 9.74. The standard InChI is InChI=1S/C21H27N3O2S/c25-21(19-16-27-20(22-19)18-8-14-26-15-18)24-12-10-23(11-13-24)9-4-7-17-5-2-1-3-6-17/h1-3,5-6,8,14-15,19-20,22H,4,7,9-13,16H2. The van der Waals surface area contributed by atoms with Gasteiger partial charge in [-0.15, -0.1) is 11.8 Å². The minimum absolute atomic E-state index is 0.0838. The molecule has 3 heterocycles. The number of furan rings is 1. The van der Waals surface area contributed by atoms with Gasteiger partial charge in [-0.05, 0) is 31.0 Å². The first-order chi connectivity index (χ1) is 13.3. The van der Waals surface area contributed by atoms with Crippen LogP contribution in [0, 0.1) is 0 Å². The zero-order chi connectivity index (χ0) is 18.5. The molecule has 1 N–H and O–H groups in total. The van der Waals surface area contributed by atoms with E-state index in [1.807, 2.05) is 11.0 Å². The van der Waals surface area contributed by atoms with Gasteiger partial charge in [0.05, 0.1) is 23.9 Å². The van der Waals surface area contributed by atoms with Gasteiger partial charge in [0.15, 0.2) is 0 Å². The predicted octanol–water partition coefficient (Wildman–Crippen LogP) is 2.76. The van der Waals surface area contributed by atoms with Crippen molar-refractivity contribution in [2.45, 2.75) is 24.3 Å². The van der Waals surface area contributed by atoms with Crippen LogP contribution in [0.3, 0.4) is 0 Å². The number of hydrogen-bond donors (Lipinski definition) is 1. The molecule has 0 aliphatic carbocycles. The van der Waals surface area contributed by atoms with E-state index >= 15 is 0 Å². The molecule has 2 aliphatic rings. The van der Waals surface area contributed by atoms with Crippen molar-refractivity contribution in [3.05, 3.63) is 60.1 Å². The van der Waals surface area contributed by atoms with Gasteiger partial charge in [-0.25, -0.2) is 0 Å². The molecule has 1 aromatic carbocycles. The number of benzene rings is 1. The summed E-state index contributed by atoms with van der Waals surface area (Å²) in [6.07, 6.45) is 5.74. The highest BCUT2D eigenvalue weighted by Crippen LogP contribution is 2.33. The maximum atomic E-state index is 12.8. The van der Waals surface area contributed by atoms with E-state index in [-0.39, 0.29) is 17.3 Å². The molecular formula is C21H27N3O2S. The monoisotopic (exact) mass is 385 g/mol. The van der Waals surface area contributed by atoms with Gasteiger partial charge in [0.2, 0.25) is 5.91 Å². The van der Waals surface area contributed by atoms with Crippen LogP contribution in [-0.2, 0) is 11.2 Å². The van der Waals surface area contributed by atoms with Gasteiger partial charge in [-0.2, -0.15) is 0 Å². The summed E-state index contributed by atoms with van der Waals surface area (Å²) >= 11 is 1.78. The van der Waals surface area contributed by atoms with Crippen LogP contribution in [0.25, 0.3) is 0 Å². The van der Waals surface area contributed by atoms with Crippen LogP contribution in [0.15, 0.2) is 53.3 Å². The van der Waals surface area contributed by atoms with Crippen molar-refractivity contribution >= 4 is 17.7 Å². The minimum atomic E-state index is -0.0838. The zero-order valence-corrected chi connectivity index (χ0v) is 16.4. The van der Waals surface area contributed by atoms with Gasteiger partial charge in [0.25, 0.3) is 0 Å². The highest BCUT2D eigenvalue weighted by molar-refractivity contribution is 7.99. The summed E-state index contributed by atoms with van der Waals surface area (Å²) < 4.78 is 5.16. The third-order valence-corrected chi connectivity index (χ3v) is 6.66. The van der Waals surface area contributed by atoms with Gasteiger partial charge in [-0.1, -0.05) is 30.3 Å². The molecule has 0 saturated carbocycles. The Morgan fingerprint density at radius 1 is 1.15 bits per heavy atom. The molecule has 2 fully saturated rings. The van der Waals surface area contributed by atoms with Crippen LogP contribution in [0.2, 0.25) is 0 Å². The first-order valence-corrected chi connectivity index (χ1v) is 10.8. The third-order valence-electron chi connectivity index (χ3n) is 5.39. The molecule has 144 valence electrons. The van der Waals surface area contributed by atoms with Gasteiger partial charge >= 0.3 is 0 Å². The summed E-state index contributed by atoms with van der Waals surface area (Å²) in [6, 6.07) is 12.5. The summed E-state index contributed by atoms with van der Waals surface area (Å²) in [7, 11) is 0. The van der Waals surface area contributed by atoms with E-state index in [2.05, 4.69) is 40.5 Å². The number of nitrogens with zero attached hydrogens (tertiary/aromatic N) is 2. The molecule has 2 aromatic rings. The molecular weight excluding hydrogens is 358 g/mol. The molecule has 6 heteroatoms. The van der Waals surface area contributed by atoms with E-state index in [0.717, 1.165) is 50.5 Å². The zero-order valence-electron chi connectivity index (χ0n) is 15.5. The fourth-order valence-corrected chi connectivity index (χ4v) is 5.01. The number of nitrogens with one attached hydrogen (secondary N) is 1. The average Bonchev–Trinajstić information content (AvgIpc) is 3.41. The van der Waals surface area contributed by atoms with Crippen molar-refractivity contribution in [2.24, 2.45) is 0 Å². The molecule has 2 atom stereocenters. The minimum Gasteiger partial charge on any atom is -0.472 e. The quantitative estimate of drug-likeness (QED) is 0.829. The summed E-state index contributed by atoms with van der Waals surface area (Å²) in [5.41, 5.74) is 2.52. The fraction of sp³-hybridized carbons (Fsp3) is 0.476. The maximum Gasteiger partial charge on any atom is 0.240 e.